The van der Waals surface area contributed by atoms with Gasteiger partial charge in [0.25, 0.3) is 0 Å². The molecule has 0 aromatic carbocycles. The molecule has 0 bridgehead atoms. The minimum atomic E-state index is -0.782. The third-order valence-electron chi connectivity index (χ3n) is 2.71. The summed E-state index contributed by atoms with van der Waals surface area (Å²) in [4.78, 5) is 22.2. The molecule has 6 nitrogen and oxygen atoms in total. The molecule has 1 rings (SSSR count). The number of hydrogen-bond acceptors (Lipinski definition) is 3. The summed E-state index contributed by atoms with van der Waals surface area (Å²) in [6, 6.07) is 0. The van der Waals surface area contributed by atoms with Crippen LogP contribution in [0.1, 0.15) is 13.8 Å². The second kappa shape index (κ2) is 18.2. The number of amides is 1. The monoisotopic (exact) mass is 457 g/mol. The van der Waals surface area contributed by atoms with E-state index in [0.717, 1.165) is 0 Å². The Labute approximate surface area is 184 Å². The second-order valence-electron chi connectivity index (χ2n) is 4.22. The molecule has 4 N–H and O–H groups in total. The second-order valence-corrected chi connectivity index (χ2v) is 4.22. The molecular weight excluding hydrogens is 435 g/mol. The number of carbonyl (C=O) groups excluding carboxylic acids is 2. The van der Waals surface area contributed by atoms with Gasteiger partial charge in [0, 0.05) is 83.0 Å². The first kappa shape index (κ1) is 30.7. The minimum Gasteiger partial charge on any atom is -0.678 e. The van der Waals surface area contributed by atoms with Gasteiger partial charge < -0.3 is 38.8 Å². The van der Waals surface area contributed by atoms with Crippen molar-refractivity contribution in [3.63, 3.8) is 0 Å². The van der Waals surface area contributed by atoms with Gasteiger partial charge in [0.05, 0.1) is 13.8 Å². The van der Waals surface area contributed by atoms with Crippen molar-refractivity contribution >= 4 is 19.5 Å². The standard InChI is InChI=1S/C10H13BNO2.C2H6N.CH4NO.2Y/c1-5-3-4-7(6(2)13)8(9(5)11)10(12)14;1-2-3;2-1-3;;/h3-5,7-9H,2H2,1H3,(H2,12,14);3H,2H2,1H3;2-3H,1H2;;/q3*-1;;/p-1. The number of ketones is 1. The van der Waals surface area contributed by atoms with E-state index in [1.807, 2.05) is 6.92 Å². The summed E-state index contributed by atoms with van der Waals surface area (Å²) in [7, 11) is 5.78. The maximum Gasteiger partial charge on any atom is 0.0716 e. The molecule has 22 heavy (non-hydrogen) atoms. The molecule has 1 aliphatic carbocycles. The minimum absolute atomic E-state index is 0. The van der Waals surface area contributed by atoms with Crippen LogP contribution in [0.3, 0.4) is 0 Å². The molecular formula is C13H22BN3O3Y2-4. The molecule has 0 aliphatic heterocycles. The van der Waals surface area contributed by atoms with E-state index in [1.54, 1.807) is 19.1 Å². The molecule has 0 saturated carbocycles. The molecule has 0 heterocycles. The summed E-state index contributed by atoms with van der Waals surface area (Å²) in [5.74, 6) is -2.93. The van der Waals surface area contributed by atoms with E-state index in [-0.39, 0.29) is 77.1 Å². The first-order valence-electron chi connectivity index (χ1n) is 6.23. The van der Waals surface area contributed by atoms with Crippen molar-refractivity contribution in [1.82, 2.24) is 0 Å². The molecule has 1 aliphatic rings. The van der Waals surface area contributed by atoms with Crippen LogP contribution in [0.25, 0.3) is 17.2 Å². The van der Waals surface area contributed by atoms with Crippen molar-refractivity contribution in [3.05, 3.63) is 36.3 Å². The molecule has 1 amide bonds. The number of rotatable bonds is 2. The van der Waals surface area contributed by atoms with Gasteiger partial charge in [0.2, 0.25) is 0 Å². The molecule has 0 fully saturated rings. The van der Waals surface area contributed by atoms with Crippen LogP contribution in [-0.4, -0.2) is 37.9 Å². The Kier molecular flexibility index (Phi) is 25.5. The summed E-state index contributed by atoms with van der Waals surface area (Å²) in [6.45, 7) is 6.93. The van der Waals surface area contributed by atoms with Crippen molar-refractivity contribution in [2.24, 2.45) is 17.8 Å². The van der Waals surface area contributed by atoms with Gasteiger partial charge in [-0.05, 0) is 12.6 Å². The van der Waals surface area contributed by atoms with Crippen LogP contribution in [0, 0.1) is 24.7 Å². The SMILES string of the molecule is CC[NH-].[B]C1C(C)C=CC(C([CH2-])=O)C1C([NH-])=O.[NH-]CO.[Y].[Y]. The molecule has 4 radical (unpaired) electrons. The first-order chi connectivity index (χ1) is 9.28. The van der Waals surface area contributed by atoms with Gasteiger partial charge in [-0.25, -0.2) is 0 Å². The Balaban J connectivity index is -0.000000176. The van der Waals surface area contributed by atoms with Crippen LogP contribution < -0.4 is 0 Å². The maximum atomic E-state index is 11.1. The Bertz CT molecular complexity index is 332. The van der Waals surface area contributed by atoms with Gasteiger partial charge in [-0.15, -0.1) is 0 Å². The number of aliphatic hydroxyl groups is 1. The van der Waals surface area contributed by atoms with Crippen LogP contribution >= 0.6 is 0 Å². The van der Waals surface area contributed by atoms with Gasteiger partial charge in [0.15, 0.2) is 0 Å². The average molecular weight is 457 g/mol. The van der Waals surface area contributed by atoms with E-state index >= 15 is 0 Å². The summed E-state index contributed by atoms with van der Waals surface area (Å²) in [5.41, 5.74) is 19.1. The van der Waals surface area contributed by atoms with Crippen molar-refractivity contribution < 1.29 is 80.1 Å². The van der Waals surface area contributed by atoms with E-state index in [0.29, 0.717) is 6.54 Å². The van der Waals surface area contributed by atoms with E-state index < -0.39 is 30.3 Å². The number of hydrogen-bond donors (Lipinski definition) is 1. The topological polar surface area (TPSA) is 126 Å². The first-order valence-corrected chi connectivity index (χ1v) is 6.23. The molecule has 0 spiro atoms. The zero-order chi connectivity index (χ0) is 16.3. The molecule has 4 atom stereocenters. The van der Waals surface area contributed by atoms with Gasteiger partial charge in [-0.1, -0.05) is 31.8 Å². The van der Waals surface area contributed by atoms with E-state index in [4.69, 9.17) is 30.2 Å². The fourth-order valence-corrected chi connectivity index (χ4v) is 1.75. The average Bonchev–Trinajstić information content (AvgIpc) is 2.33. The molecule has 4 unspecified atom stereocenters. The normalized spacial score (nSPS) is 25.0. The van der Waals surface area contributed by atoms with Gasteiger partial charge in [0.1, 0.15) is 0 Å². The predicted octanol–water partition coefficient (Wildman–Crippen LogP) is 2.41. The predicted molar refractivity (Wildman–Crippen MR) is 80.8 cm³/mol. The van der Waals surface area contributed by atoms with E-state index in [9.17, 15) is 9.59 Å². The Hall–Kier alpha value is 0.903. The summed E-state index contributed by atoms with van der Waals surface area (Å²) in [5, 5.41) is 7.24. The van der Waals surface area contributed by atoms with Crippen molar-refractivity contribution in [3.8, 4) is 0 Å². The largest absolute Gasteiger partial charge is 0.678 e. The Morgan fingerprint density at radius 1 is 1.27 bits per heavy atom. The number of carbonyl (C=O) groups is 2. The van der Waals surface area contributed by atoms with Gasteiger partial charge in [-0.2, -0.15) is 6.54 Å². The quantitative estimate of drug-likeness (QED) is 0.389. The Morgan fingerprint density at radius 3 is 1.91 bits per heavy atom. The fourth-order valence-electron chi connectivity index (χ4n) is 1.75. The maximum absolute atomic E-state index is 11.1. The van der Waals surface area contributed by atoms with Crippen molar-refractivity contribution in [2.45, 2.75) is 19.7 Å². The van der Waals surface area contributed by atoms with E-state index in [2.05, 4.69) is 6.92 Å². The molecule has 0 saturated heterocycles. The number of allylic oxidation sites excluding steroid dienone is 2. The summed E-state index contributed by atoms with van der Waals surface area (Å²) < 4.78 is 0. The van der Waals surface area contributed by atoms with E-state index in [1.165, 1.54) is 0 Å². The fraction of sp³-hybridized carbons (Fsp3) is 0.615. The zero-order valence-corrected chi connectivity index (χ0v) is 18.8. The Morgan fingerprint density at radius 2 is 1.64 bits per heavy atom. The third kappa shape index (κ3) is 12.3. The summed E-state index contributed by atoms with van der Waals surface area (Å²) >= 11 is 0. The van der Waals surface area contributed by atoms with Crippen LogP contribution in [-0.2, 0) is 75.0 Å². The smallest absolute Gasteiger partial charge is 0.0716 e. The van der Waals surface area contributed by atoms with Crippen molar-refractivity contribution in [1.29, 1.82) is 0 Å². The van der Waals surface area contributed by atoms with Crippen LogP contribution in [0.5, 0.6) is 0 Å². The summed E-state index contributed by atoms with van der Waals surface area (Å²) in [6.07, 6.45) is 3.44. The van der Waals surface area contributed by atoms with Crippen LogP contribution in [0.4, 0.5) is 0 Å². The van der Waals surface area contributed by atoms with Crippen LogP contribution in [0.2, 0.25) is 5.82 Å². The molecule has 0 aromatic rings. The molecule has 0 aromatic heterocycles. The number of nitrogens with one attached hydrogen (secondary N) is 3. The van der Waals surface area contributed by atoms with Crippen molar-refractivity contribution in [2.75, 3.05) is 13.3 Å². The molecule has 9 heteroatoms. The van der Waals surface area contributed by atoms with Gasteiger partial charge >= 0.3 is 0 Å². The van der Waals surface area contributed by atoms with Crippen LogP contribution in [0.15, 0.2) is 12.2 Å². The van der Waals surface area contributed by atoms with Gasteiger partial charge in [-0.3, -0.25) is 0 Å². The molecule has 120 valence electrons. The zero-order valence-electron chi connectivity index (χ0n) is 13.1. The number of aliphatic hydroxyl groups excluding tert-OH is 1. The third-order valence-corrected chi connectivity index (χ3v) is 2.71. The number of Topliss-reactive ketones (excluding diaryl/α,β-unsaturated/α-hetero) is 1.